The van der Waals surface area contributed by atoms with E-state index in [-0.39, 0.29) is 36.2 Å². The summed E-state index contributed by atoms with van der Waals surface area (Å²) >= 11 is 0. The molecule has 40 heavy (non-hydrogen) atoms. The second kappa shape index (κ2) is 13.6. The van der Waals surface area contributed by atoms with E-state index < -0.39 is 0 Å². The smallest absolute Gasteiger partial charge is 0.306 e. The Hall–Kier alpha value is -4.46. The standard InChI is InChI=1S/C32H35N3O5/c1-4-39-29(37)19-14-23-12-17-27(18-13-23)33-31(38)30(22(2)3)25-15-10-24(11-16-25)20-35-28(36)21-40-32(34-35)26-8-6-5-7-9-26/h5-13,15-18,22,30H,4,14,19-21H2,1-3H3,(H,33,38). The van der Waals surface area contributed by atoms with E-state index in [1.165, 1.54) is 5.01 Å². The molecule has 0 saturated carbocycles. The highest BCUT2D eigenvalue weighted by atomic mass is 16.5. The minimum absolute atomic E-state index is 0.0617. The molecule has 2 amide bonds. The van der Waals surface area contributed by atoms with E-state index in [2.05, 4.69) is 10.4 Å². The Morgan fingerprint density at radius 3 is 2.30 bits per heavy atom. The van der Waals surface area contributed by atoms with Gasteiger partial charge in [-0.2, -0.15) is 0 Å². The van der Waals surface area contributed by atoms with Crippen LogP contribution in [0.1, 0.15) is 55.4 Å². The quantitative estimate of drug-likeness (QED) is 0.333. The molecule has 3 aromatic carbocycles. The number of amides is 2. The van der Waals surface area contributed by atoms with Crippen LogP contribution in [0.2, 0.25) is 0 Å². The van der Waals surface area contributed by atoms with Gasteiger partial charge in [0.25, 0.3) is 5.91 Å². The highest BCUT2D eigenvalue weighted by Gasteiger charge is 2.26. The van der Waals surface area contributed by atoms with Gasteiger partial charge in [-0.3, -0.25) is 14.4 Å². The molecule has 1 atom stereocenters. The number of hydrogen-bond donors (Lipinski definition) is 1. The summed E-state index contributed by atoms with van der Waals surface area (Å²) in [5.74, 6) is -0.399. The average Bonchev–Trinajstić information content (AvgIpc) is 2.95. The van der Waals surface area contributed by atoms with Gasteiger partial charge < -0.3 is 14.8 Å². The summed E-state index contributed by atoms with van der Waals surface area (Å²) in [4.78, 5) is 37.3. The van der Waals surface area contributed by atoms with Crippen molar-refractivity contribution in [1.82, 2.24) is 5.01 Å². The van der Waals surface area contributed by atoms with Crippen LogP contribution in [-0.4, -0.2) is 41.9 Å². The molecule has 0 saturated heterocycles. The van der Waals surface area contributed by atoms with Gasteiger partial charge in [0.05, 0.1) is 19.1 Å². The molecule has 8 heteroatoms. The van der Waals surface area contributed by atoms with E-state index in [0.717, 1.165) is 22.3 Å². The first-order valence-electron chi connectivity index (χ1n) is 13.6. The maximum atomic E-state index is 13.3. The van der Waals surface area contributed by atoms with Crippen molar-refractivity contribution < 1.29 is 23.9 Å². The summed E-state index contributed by atoms with van der Waals surface area (Å²) in [6.45, 7) is 6.44. The number of carbonyl (C=O) groups is 3. The number of hydrogen-bond acceptors (Lipinski definition) is 6. The number of benzene rings is 3. The fourth-order valence-electron chi connectivity index (χ4n) is 4.54. The lowest BCUT2D eigenvalue weighted by molar-refractivity contribution is -0.143. The minimum Gasteiger partial charge on any atom is -0.466 e. The van der Waals surface area contributed by atoms with Crippen molar-refractivity contribution in [2.75, 3.05) is 18.5 Å². The molecule has 8 nitrogen and oxygen atoms in total. The van der Waals surface area contributed by atoms with Crippen molar-refractivity contribution in [3.63, 3.8) is 0 Å². The summed E-state index contributed by atoms with van der Waals surface area (Å²) in [7, 11) is 0. The van der Waals surface area contributed by atoms with Gasteiger partial charge in [-0.15, -0.1) is 5.10 Å². The van der Waals surface area contributed by atoms with Crippen molar-refractivity contribution in [3.05, 3.63) is 101 Å². The molecule has 0 spiro atoms. The van der Waals surface area contributed by atoms with Gasteiger partial charge in [-0.25, -0.2) is 5.01 Å². The first-order chi connectivity index (χ1) is 19.3. The maximum Gasteiger partial charge on any atom is 0.306 e. The fraction of sp³-hybridized carbons (Fsp3) is 0.312. The van der Waals surface area contributed by atoms with Crippen molar-refractivity contribution in [3.8, 4) is 0 Å². The van der Waals surface area contributed by atoms with Crippen LogP contribution in [0.25, 0.3) is 0 Å². The predicted octanol–water partition coefficient (Wildman–Crippen LogP) is 5.28. The second-order valence-electron chi connectivity index (χ2n) is 9.97. The molecule has 0 fully saturated rings. The molecule has 1 heterocycles. The molecule has 3 aromatic rings. The summed E-state index contributed by atoms with van der Waals surface area (Å²) < 4.78 is 10.5. The predicted molar refractivity (Wildman–Crippen MR) is 154 cm³/mol. The lowest BCUT2D eigenvalue weighted by atomic mass is 9.87. The van der Waals surface area contributed by atoms with Gasteiger partial charge in [0.1, 0.15) is 0 Å². The van der Waals surface area contributed by atoms with Gasteiger partial charge in [-0.1, -0.05) is 68.4 Å². The zero-order valence-corrected chi connectivity index (χ0v) is 23.1. The summed E-state index contributed by atoms with van der Waals surface area (Å²) in [5, 5.41) is 8.86. The van der Waals surface area contributed by atoms with Crippen LogP contribution in [-0.2, 0) is 36.8 Å². The molecule has 4 rings (SSSR count). The number of carbonyl (C=O) groups excluding carboxylic acids is 3. The highest BCUT2D eigenvalue weighted by Crippen LogP contribution is 2.27. The molecule has 1 aliphatic rings. The Bertz CT molecular complexity index is 1340. The van der Waals surface area contributed by atoms with Crippen LogP contribution in [0.5, 0.6) is 0 Å². The fourth-order valence-corrected chi connectivity index (χ4v) is 4.54. The topological polar surface area (TPSA) is 97.3 Å². The molecule has 0 bridgehead atoms. The van der Waals surface area contributed by atoms with E-state index >= 15 is 0 Å². The number of esters is 1. The van der Waals surface area contributed by atoms with Gasteiger partial charge >= 0.3 is 5.97 Å². The van der Waals surface area contributed by atoms with Crippen LogP contribution >= 0.6 is 0 Å². The monoisotopic (exact) mass is 541 g/mol. The average molecular weight is 542 g/mol. The van der Waals surface area contributed by atoms with Gasteiger partial charge in [0, 0.05) is 17.7 Å². The normalized spacial score (nSPS) is 13.8. The molecular weight excluding hydrogens is 506 g/mol. The third-order valence-corrected chi connectivity index (χ3v) is 6.62. The minimum atomic E-state index is -0.356. The van der Waals surface area contributed by atoms with Crippen LogP contribution in [0.4, 0.5) is 5.69 Å². The van der Waals surface area contributed by atoms with Crippen molar-refractivity contribution in [2.45, 2.75) is 46.1 Å². The summed E-state index contributed by atoms with van der Waals surface area (Å²) in [5.41, 5.74) is 4.30. The van der Waals surface area contributed by atoms with E-state index in [1.807, 2.05) is 92.7 Å². The highest BCUT2D eigenvalue weighted by molar-refractivity contribution is 5.98. The largest absolute Gasteiger partial charge is 0.466 e. The first kappa shape index (κ1) is 28.5. The Morgan fingerprint density at radius 2 is 1.65 bits per heavy atom. The number of nitrogens with one attached hydrogen (secondary N) is 1. The molecule has 0 radical (unpaired) electrons. The molecule has 0 aromatic heterocycles. The second-order valence-corrected chi connectivity index (χ2v) is 9.97. The number of rotatable bonds is 11. The number of nitrogens with zero attached hydrogens (tertiary/aromatic N) is 2. The third kappa shape index (κ3) is 7.56. The van der Waals surface area contributed by atoms with Gasteiger partial charge in [0.15, 0.2) is 6.61 Å². The number of anilines is 1. The van der Waals surface area contributed by atoms with Crippen molar-refractivity contribution in [1.29, 1.82) is 0 Å². The van der Waals surface area contributed by atoms with Crippen molar-refractivity contribution in [2.24, 2.45) is 11.0 Å². The zero-order valence-electron chi connectivity index (χ0n) is 23.1. The van der Waals surface area contributed by atoms with Gasteiger partial charge in [0.2, 0.25) is 11.8 Å². The van der Waals surface area contributed by atoms with Crippen LogP contribution in [0, 0.1) is 5.92 Å². The van der Waals surface area contributed by atoms with Crippen LogP contribution in [0.15, 0.2) is 84.0 Å². The molecular formula is C32H35N3O5. The lowest BCUT2D eigenvalue weighted by Crippen LogP contribution is -2.36. The third-order valence-electron chi connectivity index (χ3n) is 6.62. The van der Waals surface area contributed by atoms with Crippen molar-refractivity contribution >= 4 is 29.4 Å². The van der Waals surface area contributed by atoms with E-state index in [1.54, 1.807) is 6.92 Å². The summed E-state index contributed by atoms with van der Waals surface area (Å²) in [6.07, 6.45) is 0.911. The van der Waals surface area contributed by atoms with Crippen LogP contribution < -0.4 is 5.32 Å². The Balaban J connectivity index is 1.39. The Labute approximate surface area is 235 Å². The number of ether oxygens (including phenoxy) is 2. The number of aryl methyl sites for hydroxylation is 1. The zero-order chi connectivity index (χ0) is 28.5. The molecule has 0 aliphatic carbocycles. The Kier molecular flexibility index (Phi) is 9.67. The van der Waals surface area contributed by atoms with E-state index in [9.17, 15) is 14.4 Å². The molecule has 1 N–H and O–H groups in total. The van der Waals surface area contributed by atoms with E-state index in [4.69, 9.17) is 9.47 Å². The number of hydrazone groups is 1. The van der Waals surface area contributed by atoms with E-state index in [0.29, 0.717) is 37.6 Å². The molecule has 208 valence electrons. The lowest BCUT2D eigenvalue weighted by Gasteiger charge is -2.24. The summed E-state index contributed by atoms with van der Waals surface area (Å²) in [6, 6.07) is 24.7. The van der Waals surface area contributed by atoms with Gasteiger partial charge in [-0.05, 0) is 60.2 Å². The maximum absolute atomic E-state index is 13.3. The Morgan fingerprint density at radius 1 is 0.975 bits per heavy atom. The SMILES string of the molecule is CCOC(=O)CCc1ccc(NC(=O)C(c2ccc(CN3N=C(c4ccccc4)OCC3=O)cc2)C(C)C)cc1. The molecule has 1 aliphatic heterocycles. The van der Waals surface area contributed by atoms with Crippen LogP contribution in [0.3, 0.4) is 0 Å². The first-order valence-corrected chi connectivity index (χ1v) is 13.6. The molecule has 1 unspecified atom stereocenters.